The van der Waals surface area contributed by atoms with Gasteiger partial charge in [0.2, 0.25) is 0 Å². The molecule has 1 aliphatic heterocycles. The maximum atomic E-state index is 12.4. The predicted molar refractivity (Wildman–Crippen MR) is 86.4 cm³/mol. The number of benzene rings is 2. The van der Waals surface area contributed by atoms with E-state index in [2.05, 4.69) is 5.32 Å². The highest BCUT2D eigenvalue weighted by molar-refractivity contribution is 6.05. The molecule has 2 aromatic carbocycles. The van der Waals surface area contributed by atoms with Crippen LogP contribution in [0.3, 0.4) is 0 Å². The van der Waals surface area contributed by atoms with E-state index in [4.69, 9.17) is 9.47 Å². The molecular formula is C18H17NO4. The van der Waals surface area contributed by atoms with E-state index in [0.717, 1.165) is 6.42 Å². The van der Waals surface area contributed by atoms with Crippen LogP contribution in [-0.2, 0) is 0 Å². The summed E-state index contributed by atoms with van der Waals surface area (Å²) in [6.45, 7) is 2.67. The van der Waals surface area contributed by atoms with Crippen molar-refractivity contribution in [2.24, 2.45) is 0 Å². The van der Waals surface area contributed by atoms with Crippen molar-refractivity contribution in [2.45, 2.75) is 13.3 Å². The summed E-state index contributed by atoms with van der Waals surface area (Å²) in [7, 11) is 0. The van der Waals surface area contributed by atoms with Crippen LogP contribution in [0.4, 0.5) is 5.69 Å². The fourth-order valence-corrected chi connectivity index (χ4v) is 2.32. The SMILES string of the molecule is CC(=O)c1cccc(NC(=O)c2ccc3c(c2)OCCCO3)c1. The molecule has 0 unspecified atom stereocenters. The van der Waals surface area contributed by atoms with Crippen molar-refractivity contribution < 1.29 is 19.1 Å². The lowest BCUT2D eigenvalue weighted by molar-refractivity contribution is 0.101. The van der Waals surface area contributed by atoms with Crippen molar-refractivity contribution in [3.8, 4) is 11.5 Å². The summed E-state index contributed by atoms with van der Waals surface area (Å²) in [5, 5.41) is 2.79. The molecule has 1 amide bonds. The lowest BCUT2D eigenvalue weighted by atomic mass is 10.1. The summed E-state index contributed by atoms with van der Waals surface area (Å²) in [6, 6.07) is 12.0. The van der Waals surface area contributed by atoms with E-state index in [-0.39, 0.29) is 11.7 Å². The van der Waals surface area contributed by atoms with Crippen LogP contribution in [0.5, 0.6) is 11.5 Å². The fraction of sp³-hybridized carbons (Fsp3) is 0.222. The van der Waals surface area contributed by atoms with Gasteiger partial charge in [-0.3, -0.25) is 9.59 Å². The number of ether oxygens (including phenoxy) is 2. The number of hydrogen-bond acceptors (Lipinski definition) is 4. The first-order valence-corrected chi connectivity index (χ1v) is 7.45. The van der Waals surface area contributed by atoms with Gasteiger partial charge in [-0.1, -0.05) is 12.1 Å². The third-order valence-electron chi connectivity index (χ3n) is 3.54. The normalized spacial score (nSPS) is 13.1. The van der Waals surface area contributed by atoms with Crippen molar-refractivity contribution in [1.29, 1.82) is 0 Å². The molecule has 5 nitrogen and oxygen atoms in total. The molecule has 0 saturated carbocycles. The maximum absolute atomic E-state index is 12.4. The summed E-state index contributed by atoms with van der Waals surface area (Å²) in [6.07, 6.45) is 0.814. The second-order valence-electron chi connectivity index (χ2n) is 5.30. The minimum absolute atomic E-state index is 0.0447. The van der Waals surface area contributed by atoms with Crippen molar-refractivity contribution in [1.82, 2.24) is 0 Å². The highest BCUT2D eigenvalue weighted by Gasteiger charge is 2.14. The van der Waals surface area contributed by atoms with Crippen molar-refractivity contribution in [2.75, 3.05) is 18.5 Å². The zero-order valence-electron chi connectivity index (χ0n) is 12.8. The Morgan fingerprint density at radius 2 is 1.74 bits per heavy atom. The molecule has 1 heterocycles. The van der Waals surface area contributed by atoms with E-state index in [0.29, 0.717) is 41.5 Å². The minimum atomic E-state index is -0.263. The highest BCUT2D eigenvalue weighted by atomic mass is 16.5. The second-order valence-corrected chi connectivity index (χ2v) is 5.30. The zero-order chi connectivity index (χ0) is 16.2. The number of rotatable bonds is 3. The quantitative estimate of drug-likeness (QED) is 0.883. The molecule has 0 fully saturated rings. The number of nitrogens with one attached hydrogen (secondary N) is 1. The van der Waals surface area contributed by atoms with Crippen LogP contribution in [0, 0.1) is 0 Å². The van der Waals surface area contributed by atoms with Crippen LogP contribution in [-0.4, -0.2) is 24.9 Å². The molecule has 0 spiro atoms. The van der Waals surface area contributed by atoms with E-state index in [1.54, 1.807) is 42.5 Å². The number of hydrogen-bond donors (Lipinski definition) is 1. The van der Waals surface area contributed by atoms with Crippen molar-refractivity contribution in [3.63, 3.8) is 0 Å². The van der Waals surface area contributed by atoms with Gasteiger partial charge in [-0.25, -0.2) is 0 Å². The molecule has 0 atom stereocenters. The van der Waals surface area contributed by atoms with Crippen molar-refractivity contribution >= 4 is 17.4 Å². The Bertz CT molecular complexity index is 754. The first-order chi connectivity index (χ1) is 11.1. The van der Waals surface area contributed by atoms with Gasteiger partial charge in [-0.15, -0.1) is 0 Å². The Kier molecular flexibility index (Phi) is 4.28. The number of ketones is 1. The summed E-state index contributed by atoms with van der Waals surface area (Å²) in [5.74, 6) is 0.920. The van der Waals surface area contributed by atoms with Gasteiger partial charge < -0.3 is 14.8 Å². The van der Waals surface area contributed by atoms with E-state index >= 15 is 0 Å². The maximum Gasteiger partial charge on any atom is 0.255 e. The Morgan fingerprint density at radius 1 is 0.957 bits per heavy atom. The first-order valence-electron chi connectivity index (χ1n) is 7.45. The largest absolute Gasteiger partial charge is 0.490 e. The van der Waals surface area contributed by atoms with E-state index in [1.807, 2.05) is 0 Å². The molecule has 1 N–H and O–H groups in total. The third kappa shape index (κ3) is 3.51. The van der Waals surface area contributed by atoms with Crippen LogP contribution in [0.2, 0.25) is 0 Å². The van der Waals surface area contributed by atoms with Gasteiger partial charge in [-0.05, 0) is 37.3 Å². The van der Waals surface area contributed by atoms with E-state index in [1.165, 1.54) is 6.92 Å². The zero-order valence-corrected chi connectivity index (χ0v) is 12.8. The standard InChI is InChI=1S/C18H17NO4/c1-12(20)13-4-2-5-15(10-13)19-18(21)14-6-7-16-17(11-14)23-9-3-8-22-16/h2,4-7,10-11H,3,8-9H2,1H3,(H,19,21). The van der Waals surface area contributed by atoms with E-state index in [9.17, 15) is 9.59 Å². The molecule has 118 valence electrons. The molecule has 0 bridgehead atoms. The smallest absolute Gasteiger partial charge is 0.255 e. The Hall–Kier alpha value is -2.82. The van der Waals surface area contributed by atoms with Crippen LogP contribution >= 0.6 is 0 Å². The number of carbonyl (C=O) groups is 2. The molecule has 0 aliphatic carbocycles. The average molecular weight is 311 g/mol. The molecule has 1 aliphatic rings. The van der Waals surface area contributed by atoms with Gasteiger partial charge in [0.25, 0.3) is 5.91 Å². The minimum Gasteiger partial charge on any atom is -0.490 e. The topological polar surface area (TPSA) is 64.6 Å². The molecule has 5 heteroatoms. The van der Waals surface area contributed by atoms with Gasteiger partial charge in [-0.2, -0.15) is 0 Å². The lowest BCUT2D eigenvalue weighted by Gasteiger charge is -2.10. The number of fused-ring (bicyclic) bond motifs is 1. The van der Waals surface area contributed by atoms with Crippen LogP contribution in [0.15, 0.2) is 42.5 Å². The molecule has 3 rings (SSSR count). The summed E-state index contributed by atoms with van der Waals surface area (Å²) in [5.41, 5.74) is 1.61. The Morgan fingerprint density at radius 3 is 2.52 bits per heavy atom. The molecule has 0 saturated heterocycles. The van der Waals surface area contributed by atoms with Gasteiger partial charge in [0.1, 0.15) is 0 Å². The predicted octanol–water partition coefficient (Wildman–Crippen LogP) is 3.30. The summed E-state index contributed by atoms with van der Waals surface area (Å²) >= 11 is 0. The van der Waals surface area contributed by atoms with Crippen LogP contribution < -0.4 is 14.8 Å². The van der Waals surface area contributed by atoms with Gasteiger partial charge in [0.15, 0.2) is 17.3 Å². The van der Waals surface area contributed by atoms with Gasteiger partial charge >= 0.3 is 0 Å². The van der Waals surface area contributed by atoms with Crippen LogP contribution in [0.25, 0.3) is 0 Å². The third-order valence-corrected chi connectivity index (χ3v) is 3.54. The summed E-state index contributed by atoms with van der Waals surface area (Å²) in [4.78, 5) is 23.8. The molecular weight excluding hydrogens is 294 g/mol. The monoisotopic (exact) mass is 311 g/mol. The second kappa shape index (κ2) is 6.52. The molecule has 0 radical (unpaired) electrons. The lowest BCUT2D eigenvalue weighted by Crippen LogP contribution is -2.12. The number of Topliss-reactive ketones (excluding diaryl/α,β-unsaturated/α-hetero) is 1. The Balaban J connectivity index is 1.79. The average Bonchev–Trinajstić information content (AvgIpc) is 2.79. The highest BCUT2D eigenvalue weighted by Crippen LogP contribution is 2.30. The molecule has 2 aromatic rings. The number of amides is 1. The first kappa shape index (κ1) is 15.1. The number of carbonyl (C=O) groups excluding carboxylic acids is 2. The number of anilines is 1. The Labute approximate surface area is 134 Å². The van der Waals surface area contributed by atoms with Crippen LogP contribution in [0.1, 0.15) is 34.1 Å². The summed E-state index contributed by atoms with van der Waals surface area (Å²) < 4.78 is 11.1. The van der Waals surface area contributed by atoms with Gasteiger partial charge in [0, 0.05) is 23.2 Å². The molecule has 0 aromatic heterocycles. The fourth-order valence-electron chi connectivity index (χ4n) is 2.32. The van der Waals surface area contributed by atoms with Gasteiger partial charge in [0.05, 0.1) is 13.2 Å². The van der Waals surface area contributed by atoms with E-state index < -0.39 is 0 Å². The molecule has 23 heavy (non-hydrogen) atoms. The van der Waals surface area contributed by atoms with Crippen molar-refractivity contribution in [3.05, 3.63) is 53.6 Å².